The predicted molar refractivity (Wildman–Crippen MR) is 95.9 cm³/mol. The molecule has 130 valence electrons. The summed E-state index contributed by atoms with van der Waals surface area (Å²) in [5.41, 5.74) is 2.99. The SMILES string of the molecule is O=C(OCc1ccccc1)[C@@H]1CCC(=NOCc2ccccc2)CN1. The molecule has 0 aliphatic carbocycles. The fourth-order valence-corrected chi connectivity index (χ4v) is 2.62. The summed E-state index contributed by atoms with van der Waals surface area (Å²) in [6.45, 7) is 1.30. The number of hydrogen-bond donors (Lipinski definition) is 1. The smallest absolute Gasteiger partial charge is 0.323 e. The third kappa shape index (κ3) is 5.43. The van der Waals surface area contributed by atoms with Crippen LogP contribution in [-0.2, 0) is 27.6 Å². The first kappa shape index (κ1) is 17.2. The Labute approximate surface area is 147 Å². The van der Waals surface area contributed by atoms with Gasteiger partial charge in [-0.2, -0.15) is 0 Å². The van der Waals surface area contributed by atoms with E-state index in [2.05, 4.69) is 10.5 Å². The number of esters is 1. The Balaban J connectivity index is 1.39. The normalized spacial score (nSPS) is 18.7. The third-order valence-corrected chi connectivity index (χ3v) is 4.05. The molecule has 0 spiro atoms. The van der Waals surface area contributed by atoms with E-state index >= 15 is 0 Å². The van der Waals surface area contributed by atoms with E-state index < -0.39 is 0 Å². The van der Waals surface area contributed by atoms with Crippen molar-refractivity contribution in [3.63, 3.8) is 0 Å². The first-order valence-electron chi connectivity index (χ1n) is 8.47. The molecular weight excluding hydrogens is 316 g/mol. The maximum atomic E-state index is 12.1. The van der Waals surface area contributed by atoms with Crippen LogP contribution < -0.4 is 5.32 Å². The van der Waals surface area contributed by atoms with E-state index in [9.17, 15) is 4.79 Å². The maximum absolute atomic E-state index is 12.1. The summed E-state index contributed by atoms with van der Waals surface area (Å²) in [5, 5.41) is 7.34. The topological polar surface area (TPSA) is 59.9 Å². The second kappa shape index (κ2) is 8.99. The van der Waals surface area contributed by atoms with Crippen LogP contribution in [-0.4, -0.2) is 24.3 Å². The molecule has 1 atom stereocenters. The molecule has 2 aromatic carbocycles. The minimum absolute atomic E-state index is 0.215. The van der Waals surface area contributed by atoms with Gasteiger partial charge < -0.3 is 9.57 Å². The zero-order valence-corrected chi connectivity index (χ0v) is 14.1. The Bertz CT molecular complexity index is 691. The van der Waals surface area contributed by atoms with Gasteiger partial charge in [0.15, 0.2) is 0 Å². The molecule has 5 heteroatoms. The largest absolute Gasteiger partial charge is 0.460 e. The molecule has 1 heterocycles. The summed E-state index contributed by atoms with van der Waals surface area (Å²) in [5.74, 6) is -0.215. The van der Waals surface area contributed by atoms with Gasteiger partial charge in [-0.1, -0.05) is 65.8 Å². The number of nitrogens with zero attached hydrogens (tertiary/aromatic N) is 1. The lowest BCUT2D eigenvalue weighted by Crippen LogP contribution is -2.45. The lowest BCUT2D eigenvalue weighted by Gasteiger charge is -2.23. The number of benzene rings is 2. The van der Waals surface area contributed by atoms with Gasteiger partial charge >= 0.3 is 5.97 Å². The van der Waals surface area contributed by atoms with Gasteiger partial charge in [-0.15, -0.1) is 0 Å². The summed E-state index contributed by atoms with van der Waals surface area (Å²) >= 11 is 0. The Kier molecular flexibility index (Phi) is 6.17. The Morgan fingerprint density at radius 1 is 1.00 bits per heavy atom. The monoisotopic (exact) mass is 338 g/mol. The summed E-state index contributed by atoms with van der Waals surface area (Å²) in [6, 6.07) is 19.3. The van der Waals surface area contributed by atoms with E-state index in [1.807, 2.05) is 60.7 Å². The molecule has 2 aromatic rings. The van der Waals surface area contributed by atoms with Crippen molar-refractivity contribution in [3.8, 4) is 0 Å². The summed E-state index contributed by atoms with van der Waals surface area (Å²) < 4.78 is 5.37. The van der Waals surface area contributed by atoms with Crippen LogP contribution in [0.25, 0.3) is 0 Å². The first-order chi connectivity index (χ1) is 12.3. The molecule has 1 aliphatic rings. The van der Waals surface area contributed by atoms with E-state index in [4.69, 9.17) is 9.57 Å². The van der Waals surface area contributed by atoms with Crippen LogP contribution in [0.3, 0.4) is 0 Å². The van der Waals surface area contributed by atoms with Gasteiger partial charge in [-0.05, 0) is 24.0 Å². The van der Waals surface area contributed by atoms with Gasteiger partial charge in [0.2, 0.25) is 0 Å². The molecule has 1 N–H and O–H groups in total. The van der Waals surface area contributed by atoms with Crippen molar-refractivity contribution >= 4 is 11.7 Å². The quantitative estimate of drug-likeness (QED) is 0.650. The van der Waals surface area contributed by atoms with Crippen molar-refractivity contribution in [2.75, 3.05) is 6.54 Å². The zero-order chi connectivity index (χ0) is 17.3. The molecule has 0 saturated carbocycles. The van der Waals surface area contributed by atoms with Crippen LogP contribution in [0.4, 0.5) is 0 Å². The van der Waals surface area contributed by atoms with E-state index in [1.165, 1.54) is 0 Å². The van der Waals surface area contributed by atoms with Gasteiger partial charge in [0.05, 0.1) is 5.71 Å². The number of carbonyl (C=O) groups is 1. The molecule has 0 amide bonds. The Morgan fingerprint density at radius 3 is 2.24 bits per heavy atom. The van der Waals surface area contributed by atoms with Gasteiger partial charge in [-0.25, -0.2) is 0 Å². The number of nitrogens with one attached hydrogen (secondary N) is 1. The van der Waals surface area contributed by atoms with Crippen molar-refractivity contribution in [1.82, 2.24) is 5.32 Å². The van der Waals surface area contributed by atoms with E-state index in [1.54, 1.807) is 0 Å². The van der Waals surface area contributed by atoms with Crippen LogP contribution in [0.5, 0.6) is 0 Å². The average molecular weight is 338 g/mol. The average Bonchev–Trinajstić information content (AvgIpc) is 2.68. The molecule has 0 aromatic heterocycles. The minimum atomic E-state index is -0.281. The highest BCUT2D eigenvalue weighted by molar-refractivity contribution is 5.89. The highest BCUT2D eigenvalue weighted by Gasteiger charge is 2.25. The molecule has 1 saturated heterocycles. The van der Waals surface area contributed by atoms with Gasteiger partial charge in [0.25, 0.3) is 0 Å². The number of piperidine rings is 1. The number of hydrogen-bond acceptors (Lipinski definition) is 5. The predicted octanol–water partition coefficient (Wildman–Crippen LogP) is 3.05. The Morgan fingerprint density at radius 2 is 1.64 bits per heavy atom. The second-order valence-corrected chi connectivity index (χ2v) is 5.98. The van der Waals surface area contributed by atoms with Crippen molar-refractivity contribution in [3.05, 3.63) is 71.8 Å². The summed E-state index contributed by atoms with van der Waals surface area (Å²) in [7, 11) is 0. The molecule has 25 heavy (non-hydrogen) atoms. The van der Waals surface area contributed by atoms with E-state index in [0.717, 1.165) is 23.3 Å². The number of carbonyl (C=O) groups excluding carboxylic acids is 1. The van der Waals surface area contributed by atoms with Crippen molar-refractivity contribution in [1.29, 1.82) is 0 Å². The molecule has 1 aliphatic heterocycles. The number of ether oxygens (including phenoxy) is 1. The van der Waals surface area contributed by atoms with Crippen LogP contribution in [0.15, 0.2) is 65.8 Å². The number of rotatable bonds is 6. The van der Waals surface area contributed by atoms with Crippen molar-refractivity contribution in [2.45, 2.75) is 32.1 Å². The molecule has 1 fully saturated rings. The minimum Gasteiger partial charge on any atom is -0.460 e. The molecule has 0 unspecified atom stereocenters. The van der Waals surface area contributed by atoms with E-state index in [-0.39, 0.29) is 12.0 Å². The zero-order valence-electron chi connectivity index (χ0n) is 14.1. The highest BCUT2D eigenvalue weighted by atomic mass is 16.6. The summed E-state index contributed by atoms with van der Waals surface area (Å²) in [6.07, 6.45) is 1.40. The fraction of sp³-hybridized carbons (Fsp3) is 0.300. The van der Waals surface area contributed by atoms with E-state index in [0.29, 0.717) is 26.2 Å². The van der Waals surface area contributed by atoms with Crippen LogP contribution in [0, 0.1) is 0 Å². The summed E-state index contributed by atoms with van der Waals surface area (Å²) in [4.78, 5) is 17.5. The van der Waals surface area contributed by atoms with Crippen molar-refractivity contribution < 1.29 is 14.4 Å². The van der Waals surface area contributed by atoms with Gasteiger partial charge in [0, 0.05) is 6.54 Å². The standard InChI is InChI=1S/C20H22N2O3/c23-20(24-14-16-7-3-1-4-8-16)19-12-11-18(13-21-19)22-25-15-17-9-5-2-6-10-17/h1-10,19,21H,11-15H2/t19-/m0/s1. The Hall–Kier alpha value is -2.66. The second-order valence-electron chi connectivity index (χ2n) is 5.98. The van der Waals surface area contributed by atoms with Crippen LogP contribution in [0.1, 0.15) is 24.0 Å². The van der Waals surface area contributed by atoms with Crippen LogP contribution in [0.2, 0.25) is 0 Å². The third-order valence-electron chi connectivity index (χ3n) is 4.05. The van der Waals surface area contributed by atoms with Gasteiger partial charge in [-0.3, -0.25) is 10.1 Å². The molecule has 0 bridgehead atoms. The first-order valence-corrected chi connectivity index (χ1v) is 8.47. The van der Waals surface area contributed by atoms with Crippen molar-refractivity contribution in [2.24, 2.45) is 5.16 Å². The lowest BCUT2D eigenvalue weighted by atomic mass is 10.0. The lowest BCUT2D eigenvalue weighted by molar-refractivity contribution is -0.147. The number of oxime groups is 1. The van der Waals surface area contributed by atoms with Crippen LogP contribution >= 0.6 is 0 Å². The molecular formula is C20H22N2O3. The molecule has 5 nitrogen and oxygen atoms in total. The molecule has 0 radical (unpaired) electrons. The highest BCUT2D eigenvalue weighted by Crippen LogP contribution is 2.10. The maximum Gasteiger partial charge on any atom is 0.323 e. The fourth-order valence-electron chi connectivity index (χ4n) is 2.62. The molecule has 3 rings (SSSR count). The van der Waals surface area contributed by atoms with Gasteiger partial charge in [0.1, 0.15) is 19.3 Å².